The lowest BCUT2D eigenvalue weighted by Crippen LogP contribution is -2.46. The lowest BCUT2D eigenvalue weighted by molar-refractivity contribution is 0.387. The van der Waals surface area contributed by atoms with Crippen molar-refractivity contribution in [2.75, 3.05) is 13.1 Å². The molecule has 3 unspecified atom stereocenters. The predicted octanol–water partition coefficient (Wildman–Crippen LogP) is 3.43. The van der Waals surface area contributed by atoms with Crippen LogP contribution in [0, 0.1) is 11.8 Å². The van der Waals surface area contributed by atoms with Crippen molar-refractivity contribution in [3.05, 3.63) is 48.0 Å². The number of benzene rings is 1. The summed E-state index contributed by atoms with van der Waals surface area (Å²) in [5.74, 6) is 3.75. The van der Waals surface area contributed by atoms with Crippen molar-refractivity contribution < 1.29 is 0 Å². The molecule has 2 aliphatic carbocycles. The Labute approximate surface area is 191 Å². The van der Waals surface area contributed by atoms with Crippen molar-refractivity contribution in [3.8, 4) is 0 Å². The van der Waals surface area contributed by atoms with Gasteiger partial charge in [-0.05, 0) is 43.1 Å². The van der Waals surface area contributed by atoms with Gasteiger partial charge in [-0.3, -0.25) is 4.99 Å². The Morgan fingerprint density at radius 2 is 2.07 bits per heavy atom. The maximum absolute atomic E-state index is 4.88. The summed E-state index contributed by atoms with van der Waals surface area (Å²) >= 11 is 0. The molecule has 1 heterocycles. The van der Waals surface area contributed by atoms with E-state index < -0.39 is 0 Å². The summed E-state index contributed by atoms with van der Waals surface area (Å²) in [6.45, 7) is 4.59. The largest absolute Gasteiger partial charge is 0.355 e. The minimum Gasteiger partial charge on any atom is -0.355 e. The van der Waals surface area contributed by atoms with Crippen molar-refractivity contribution in [1.82, 2.24) is 25.4 Å². The molecular weight excluding hydrogens is 475 g/mol. The average Bonchev–Trinajstić information content (AvgIpc) is 3.45. The maximum Gasteiger partial charge on any atom is 0.191 e. The van der Waals surface area contributed by atoms with Crippen LogP contribution < -0.4 is 10.6 Å². The van der Waals surface area contributed by atoms with Crippen LogP contribution in [0.4, 0.5) is 0 Å². The SMILES string of the molecule is CCc1nncn1CCNC(=NCCc1ccccc1)NC1CC2CCC1C2.I. The summed E-state index contributed by atoms with van der Waals surface area (Å²) in [7, 11) is 0. The van der Waals surface area contributed by atoms with Gasteiger partial charge in [-0.25, -0.2) is 0 Å². The molecule has 4 rings (SSSR count). The van der Waals surface area contributed by atoms with Crippen LogP contribution in [0.1, 0.15) is 44.0 Å². The van der Waals surface area contributed by atoms with Crippen LogP contribution in [0.2, 0.25) is 0 Å². The minimum atomic E-state index is 0. The first-order valence-corrected chi connectivity index (χ1v) is 10.8. The van der Waals surface area contributed by atoms with E-state index in [1.54, 1.807) is 0 Å². The Hall–Kier alpha value is -1.64. The molecule has 0 saturated heterocycles. The third-order valence-electron chi connectivity index (χ3n) is 6.23. The van der Waals surface area contributed by atoms with Gasteiger partial charge in [0.25, 0.3) is 0 Å². The smallest absolute Gasteiger partial charge is 0.191 e. The van der Waals surface area contributed by atoms with Crippen molar-refractivity contribution >= 4 is 29.9 Å². The zero-order valence-electron chi connectivity index (χ0n) is 17.3. The van der Waals surface area contributed by atoms with Crippen LogP contribution in [0.3, 0.4) is 0 Å². The molecule has 2 aromatic rings. The van der Waals surface area contributed by atoms with E-state index in [0.29, 0.717) is 6.04 Å². The van der Waals surface area contributed by atoms with Crippen LogP contribution >= 0.6 is 24.0 Å². The predicted molar refractivity (Wildman–Crippen MR) is 128 cm³/mol. The molecule has 1 aromatic carbocycles. The van der Waals surface area contributed by atoms with Gasteiger partial charge in [0, 0.05) is 32.1 Å². The van der Waals surface area contributed by atoms with Gasteiger partial charge in [-0.2, -0.15) is 0 Å². The van der Waals surface area contributed by atoms with Crippen LogP contribution in [-0.4, -0.2) is 39.9 Å². The molecule has 29 heavy (non-hydrogen) atoms. The monoisotopic (exact) mass is 508 g/mol. The number of aliphatic imine (C=N–C) groups is 1. The number of aryl methyl sites for hydroxylation is 1. The summed E-state index contributed by atoms with van der Waals surface area (Å²) < 4.78 is 2.12. The third kappa shape index (κ3) is 5.93. The van der Waals surface area contributed by atoms with E-state index in [4.69, 9.17) is 4.99 Å². The minimum absolute atomic E-state index is 0. The molecule has 0 aliphatic heterocycles. The summed E-state index contributed by atoms with van der Waals surface area (Å²) in [5, 5.41) is 15.5. The highest BCUT2D eigenvalue weighted by Crippen LogP contribution is 2.44. The third-order valence-corrected chi connectivity index (χ3v) is 6.23. The molecule has 1 aromatic heterocycles. The fraction of sp³-hybridized carbons (Fsp3) is 0.591. The normalized spacial score (nSPS) is 23.1. The number of guanidine groups is 1. The summed E-state index contributed by atoms with van der Waals surface area (Å²) in [6, 6.07) is 11.2. The molecule has 158 valence electrons. The Morgan fingerprint density at radius 3 is 2.79 bits per heavy atom. The maximum atomic E-state index is 4.88. The molecule has 0 radical (unpaired) electrons. The number of aromatic nitrogens is 3. The second-order valence-electron chi connectivity index (χ2n) is 8.11. The lowest BCUT2D eigenvalue weighted by Gasteiger charge is -2.25. The number of hydrogen-bond acceptors (Lipinski definition) is 3. The standard InChI is InChI=1S/C22H32N6.HI/c1-2-21-27-25-16-28(21)13-12-24-22(23-11-10-17-6-4-3-5-7-17)26-20-15-18-8-9-19(20)14-18;/h3-7,16,18-20H,2,8-15H2,1H3,(H2,23,24,26);1H. The van der Waals surface area contributed by atoms with E-state index in [1.165, 1.54) is 31.2 Å². The van der Waals surface area contributed by atoms with E-state index in [1.807, 2.05) is 6.33 Å². The molecule has 0 spiro atoms. The van der Waals surface area contributed by atoms with Gasteiger partial charge in [-0.15, -0.1) is 34.2 Å². The number of hydrogen-bond donors (Lipinski definition) is 2. The molecule has 3 atom stereocenters. The first-order valence-electron chi connectivity index (χ1n) is 10.8. The van der Waals surface area contributed by atoms with Crippen LogP contribution in [0.25, 0.3) is 0 Å². The zero-order valence-corrected chi connectivity index (χ0v) is 19.6. The molecule has 2 N–H and O–H groups in total. The fourth-order valence-corrected chi connectivity index (χ4v) is 4.73. The van der Waals surface area contributed by atoms with Crippen LogP contribution in [0.5, 0.6) is 0 Å². The van der Waals surface area contributed by atoms with Gasteiger partial charge in [0.15, 0.2) is 5.96 Å². The van der Waals surface area contributed by atoms with Gasteiger partial charge in [0.05, 0.1) is 0 Å². The number of rotatable bonds is 8. The second-order valence-corrected chi connectivity index (χ2v) is 8.11. The first kappa shape index (κ1) is 22.1. The number of nitrogens with zero attached hydrogens (tertiary/aromatic N) is 4. The van der Waals surface area contributed by atoms with Crippen molar-refractivity contribution in [2.24, 2.45) is 16.8 Å². The van der Waals surface area contributed by atoms with Crippen molar-refractivity contribution in [2.45, 2.75) is 58.0 Å². The topological polar surface area (TPSA) is 67.1 Å². The van der Waals surface area contributed by atoms with E-state index >= 15 is 0 Å². The number of nitrogens with one attached hydrogen (secondary N) is 2. The average molecular weight is 508 g/mol. The molecule has 2 saturated carbocycles. The Balaban J connectivity index is 0.00000240. The van der Waals surface area contributed by atoms with E-state index in [-0.39, 0.29) is 24.0 Å². The zero-order chi connectivity index (χ0) is 19.2. The fourth-order valence-electron chi connectivity index (χ4n) is 4.73. The Bertz CT molecular complexity index is 775. The van der Waals surface area contributed by atoms with Gasteiger partial charge in [0.1, 0.15) is 12.2 Å². The first-order chi connectivity index (χ1) is 13.8. The lowest BCUT2D eigenvalue weighted by atomic mass is 9.95. The quantitative estimate of drug-likeness (QED) is 0.326. The van der Waals surface area contributed by atoms with Crippen LogP contribution in [-0.2, 0) is 19.4 Å². The number of halogens is 1. The van der Waals surface area contributed by atoms with Crippen LogP contribution in [0.15, 0.2) is 41.7 Å². The highest BCUT2D eigenvalue weighted by atomic mass is 127. The molecular formula is C22H33IN6. The number of fused-ring (bicyclic) bond motifs is 2. The van der Waals surface area contributed by atoms with Gasteiger partial charge in [-0.1, -0.05) is 43.7 Å². The Kier molecular flexibility index (Phi) is 8.32. The highest BCUT2D eigenvalue weighted by molar-refractivity contribution is 14.0. The summed E-state index contributed by atoms with van der Waals surface area (Å²) in [5.41, 5.74) is 1.34. The molecule has 2 bridgehead atoms. The van der Waals surface area contributed by atoms with E-state index in [9.17, 15) is 0 Å². The van der Waals surface area contributed by atoms with Crippen molar-refractivity contribution in [3.63, 3.8) is 0 Å². The Morgan fingerprint density at radius 1 is 1.21 bits per heavy atom. The summed E-state index contributed by atoms with van der Waals surface area (Å²) in [6.07, 6.45) is 9.18. The molecule has 0 amide bonds. The van der Waals surface area contributed by atoms with Crippen molar-refractivity contribution in [1.29, 1.82) is 0 Å². The van der Waals surface area contributed by atoms with Gasteiger partial charge < -0.3 is 15.2 Å². The van der Waals surface area contributed by atoms with E-state index in [0.717, 1.165) is 56.1 Å². The highest BCUT2D eigenvalue weighted by Gasteiger charge is 2.39. The van der Waals surface area contributed by atoms with Gasteiger partial charge in [0.2, 0.25) is 0 Å². The summed E-state index contributed by atoms with van der Waals surface area (Å²) in [4.78, 5) is 4.88. The second kappa shape index (κ2) is 10.9. The molecule has 2 fully saturated rings. The molecule has 7 heteroatoms. The molecule has 2 aliphatic rings. The molecule has 6 nitrogen and oxygen atoms in total. The van der Waals surface area contributed by atoms with E-state index in [2.05, 4.69) is 62.7 Å². The van der Waals surface area contributed by atoms with Gasteiger partial charge >= 0.3 is 0 Å².